The molecule has 0 aliphatic carbocycles. The number of aliphatic hydroxyl groups excluding tert-OH is 1. The summed E-state index contributed by atoms with van der Waals surface area (Å²) in [5.41, 5.74) is 2.84. The van der Waals surface area contributed by atoms with Gasteiger partial charge in [-0.3, -0.25) is 4.79 Å². The van der Waals surface area contributed by atoms with Crippen LogP contribution in [0.5, 0.6) is 0 Å². The molecular formula is C14H16N2O2. The van der Waals surface area contributed by atoms with E-state index in [4.69, 9.17) is 0 Å². The highest BCUT2D eigenvalue weighted by Crippen LogP contribution is 2.37. The van der Waals surface area contributed by atoms with Gasteiger partial charge in [0.2, 0.25) is 0 Å². The van der Waals surface area contributed by atoms with Crippen LogP contribution in [0.25, 0.3) is 10.9 Å². The van der Waals surface area contributed by atoms with Gasteiger partial charge < -0.3 is 15.0 Å². The van der Waals surface area contributed by atoms with Gasteiger partial charge in [0, 0.05) is 30.1 Å². The zero-order chi connectivity index (χ0) is 12.9. The number of nitrogens with one attached hydrogen (secondary N) is 1. The highest BCUT2D eigenvalue weighted by molar-refractivity contribution is 5.93. The Morgan fingerprint density at radius 1 is 1.44 bits per heavy atom. The monoisotopic (exact) mass is 244 g/mol. The van der Waals surface area contributed by atoms with Crippen molar-refractivity contribution < 1.29 is 9.90 Å². The molecule has 1 aromatic carbocycles. The molecule has 18 heavy (non-hydrogen) atoms. The van der Waals surface area contributed by atoms with E-state index in [1.54, 1.807) is 6.92 Å². The molecule has 0 radical (unpaired) electrons. The number of benzene rings is 1. The summed E-state index contributed by atoms with van der Waals surface area (Å²) in [6.45, 7) is 2.00. The Labute approximate surface area is 105 Å². The molecule has 2 atom stereocenters. The Morgan fingerprint density at radius 3 is 2.89 bits per heavy atom. The number of fused-ring (bicyclic) bond motifs is 3. The van der Waals surface area contributed by atoms with Crippen LogP contribution in [0.2, 0.25) is 0 Å². The third kappa shape index (κ3) is 1.43. The molecule has 0 saturated carbocycles. The smallest absolute Gasteiger partial charge is 0.151 e. The number of Topliss-reactive ketones (excluding diaryl/α,β-unsaturated/α-hetero) is 1. The van der Waals surface area contributed by atoms with E-state index in [-0.39, 0.29) is 11.8 Å². The molecule has 0 fully saturated rings. The number of carbonyl (C=O) groups excluding carboxylic acids is 1. The molecule has 94 valence electrons. The van der Waals surface area contributed by atoms with E-state index in [2.05, 4.69) is 5.32 Å². The number of para-hydroxylation sites is 1. The minimum absolute atomic E-state index is 0.0829. The number of aryl methyl sites for hydroxylation is 1. The van der Waals surface area contributed by atoms with Gasteiger partial charge in [0.15, 0.2) is 5.78 Å². The molecule has 3 rings (SSSR count). The molecule has 4 nitrogen and oxygen atoms in total. The first kappa shape index (κ1) is 11.4. The summed E-state index contributed by atoms with van der Waals surface area (Å²) in [6, 6.07) is 7.63. The minimum Gasteiger partial charge on any atom is -0.386 e. The number of carbonyl (C=O) groups is 1. The van der Waals surface area contributed by atoms with E-state index in [1.165, 1.54) is 0 Å². The maximum Gasteiger partial charge on any atom is 0.151 e. The Balaban J connectivity index is 2.37. The molecule has 0 saturated heterocycles. The number of ketones is 1. The van der Waals surface area contributed by atoms with Crippen molar-refractivity contribution in [2.24, 2.45) is 7.05 Å². The second-order valence-corrected chi connectivity index (χ2v) is 4.84. The lowest BCUT2D eigenvalue weighted by atomic mass is 9.94. The van der Waals surface area contributed by atoms with Crippen molar-refractivity contribution in [3.8, 4) is 0 Å². The van der Waals surface area contributed by atoms with Gasteiger partial charge in [0.05, 0.1) is 11.7 Å². The summed E-state index contributed by atoms with van der Waals surface area (Å²) in [7, 11) is 1.94. The summed E-state index contributed by atoms with van der Waals surface area (Å²) < 4.78 is 1.99. The molecule has 1 aromatic heterocycles. The minimum atomic E-state index is -0.562. The normalized spacial score (nSPS) is 23.1. The van der Waals surface area contributed by atoms with Crippen molar-refractivity contribution in [2.45, 2.75) is 19.1 Å². The number of nitrogens with zero attached hydrogens (tertiary/aromatic N) is 1. The zero-order valence-corrected chi connectivity index (χ0v) is 10.5. The second-order valence-electron chi connectivity index (χ2n) is 4.84. The van der Waals surface area contributed by atoms with E-state index in [0.717, 1.165) is 22.2 Å². The summed E-state index contributed by atoms with van der Waals surface area (Å²) in [5.74, 6) is 0.0829. The molecule has 2 aromatic rings. The van der Waals surface area contributed by atoms with Crippen LogP contribution < -0.4 is 5.32 Å². The summed E-state index contributed by atoms with van der Waals surface area (Å²) in [6.07, 6.45) is -0.562. The van der Waals surface area contributed by atoms with E-state index < -0.39 is 6.10 Å². The average Bonchev–Trinajstić information content (AvgIpc) is 2.65. The number of aliphatic hydroxyl groups is 1. The van der Waals surface area contributed by atoms with Gasteiger partial charge in [-0.1, -0.05) is 18.2 Å². The molecule has 1 aliphatic heterocycles. The van der Waals surface area contributed by atoms with Crippen LogP contribution in [-0.4, -0.2) is 22.0 Å². The van der Waals surface area contributed by atoms with Crippen LogP contribution in [0.15, 0.2) is 24.3 Å². The first-order valence-electron chi connectivity index (χ1n) is 6.10. The number of rotatable bonds is 1. The lowest BCUT2D eigenvalue weighted by Crippen LogP contribution is -2.37. The Bertz CT molecular complexity index is 630. The van der Waals surface area contributed by atoms with Crippen molar-refractivity contribution >= 4 is 16.7 Å². The van der Waals surface area contributed by atoms with E-state index in [1.807, 2.05) is 35.9 Å². The number of β-amino-alcohol motifs (C(OH)–C–C–N with tert-alkyl or cyclic N) is 1. The fourth-order valence-electron chi connectivity index (χ4n) is 2.92. The van der Waals surface area contributed by atoms with E-state index in [9.17, 15) is 9.90 Å². The Morgan fingerprint density at radius 2 is 2.17 bits per heavy atom. The summed E-state index contributed by atoms with van der Waals surface area (Å²) >= 11 is 0. The first-order chi connectivity index (χ1) is 8.61. The summed E-state index contributed by atoms with van der Waals surface area (Å²) in [4.78, 5) is 11.8. The lowest BCUT2D eigenvalue weighted by molar-refractivity contribution is -0.119. The van der Waals surface area contributed by atoms with Crippen molar-refractivity contribution in [2.75, 3.05) is 6.54 Å². The van der Waals surface area contributed by atoms with Crippen LogP contribution in [0.1, 0.15) is 30.3 Å². The molecular weight excluding hydrogens is 228 g/mol. The van der Waals surface area contributed by atoms with E-state index in [0.29, 0.717) is 6.54 Å². The topological polar surface area (TPSA) is 54.3 Å². The molecule has 4 heteroatoms. The van der Waals surface area contributed by atoms with E-state index >= 15 is 0 Å². The number of aromatic nitrogens is 1. The van der Waals surface area contributed by atoms with Crippen LogP contribution >= 0.6 is 0 Å². The quantitative estimate of drug-likeness (QED) is 0.798. The van der Waals surface area contributed by atoms with Gasteiger partial charge in [0.25, 0.3) is 0 Å². The Kier molecular flexibility index (Phi) is 2.50. The first-order valence-corrected chi connectivity index (χ1v) is 6.10. The van der Waals surface area contributed by atoms with Gasteiger partial charge in [-0.15, -0.1) is 0 Å². The number of hydrogen-bond donors (Lipinski definition) is 2. The number of hydrogen-bond acceptors (Lipinski definition) is 3. The van der Waals surface area contributed by atoms with Gasteiger partial charge in [-0.2, -0.15) is 0 Å². The third-order valence-electron chi connectivity index (χ3n) is 3.72. The molecule has 0 bridgehead atoms. The molecule has 2 unspecified atom stereocenters. The van der Waals surface area contributed by atoms with Crippen molar-refractivity contribution in [3.05, 3.63) is 35.5 Å². The van der Waals surface area contributed by atoms with Crippen molar-refractivity contribution in [1.29, 1.82) is 0 Å². The molecule has 0 amide bonds. The second kappa shape index (κ2) is 3.93. The van der Waals surface area contributed by atoms with Crippen LogP contribution in [-0.2, 0) is 11.8 Å². The van der Waals surface area contributed by atoms with Gasteiger partial charge in [-0.05, 0) is 13.0 Å². The molecule has 2 heterocycles. The predicted octanol–water partition coefficient (Wildman–Crippen LogP) is 1.45. The largest absolute Gasteiger partial charge is 0.386 e. The fraction of sp³-hybridized carbons (Fsp3) is 0.357. The highest BCUT2D eigenvalue weighted by Gasteiger charge is 2.33. The van der Waals surface area contributed by atoms with Gasteiger partial charge >= 0.3 is 0 Å². The standard InChI is InChI=1S/C14H16N2O2/c1-8(17)13-12-9-5-3-4-6-10(9)16(2)14(12)11(18)7-15-13/h3-6,11,13,15,18H,7H2,1-2H3. The fourth-order valence-corrected chi connectivity index (χ4v) is 2.92. The lowest BCUT2D eigenvalue weighted by Gasteiger charge is -2.27. The highest BCUT2D eigenvalue weighted by atomic mass is 16.3. The summed E-state index contributed by atoms with van der Waals surface area (Å²) in [5, 5.41) is 14.3. The molecule has 2 N–H and O–H groups in total. The zero-order valence-electron chi connectivity index (χ0n) is 10.5. The Hall–Kier alpha value is -1.65. The SMILES string of the molecule is CC(=O)C1NCC(O)c2c1c1ccccc1n2C. The van der Waals surface area contributed by atoms with Crippen LogP contribution in [0.4, 0.5) is 0 Å². The average molecular weight is 244 g/mol. The van der Waals surface area contributed by atoms with Crippen molar-refractivity contribution in [3.63, 3.8) is 0 Å². The van der Waals surface area contributed by atoms with Gasteiger partial charge in [0.1, 0.15) is 6.10 Å². The third-order valence-corrected chi connectivity index (χ3v) is 3.72. The van der Waals surface area contributed by atoms with Gasteiger partial charge in [-0.25, -0.2) is 0 Å². The molecule has 0 spiro atoms. The van der Waals surface area contributed by atoms with Crippen molar-refractivity contribution in [1.82, 2.24) is 9.88 Å². The molecule has 1 aliphatic rings. The predicted molar refractivity (Wildman–Crippen MR) is 69.3 cm³/mol. The van der Waals surface area contributed by atoms with Crippen LogP contribution in [0, 0.1) is 0 Å². The maximum absolute atomic E-state index is 11.8. The maximum atomic E-state index is 11.8. The van der Waals surface area contributed by atoms with Crippen LogP contribution in [0.3, 0.4) is 0 Å².